The van der Waals surface area contributed by atoms with Crippen LogP contribution in [0, 0.1) is 6.92 Å². The van der Waals surface area contributed by atoms with Gasteiger partial charge >= 0.3 is 5.97 Å². The molecule has 1 heterocycles. The van der Waals surface area contributed by atoms with Gasteiger partial charge in [-0.1, -0.05) is 24.3 Å². The summed E-state index contributed by atoms with van der Waals surface area (Å²) in [5.74, 6) is -2.01. The summed E-state index contributed by atoms with van der Waals surface area (Å²) in [4.78, 5) is 49.3. The van der Waals surface area contributed by atoms with Crippen molar-refractivity contribution in [1.82, 2.24) is 0 Å². The molecule has 2 N–H and O–H groups in total. The fourth-order valence-corrected chi connectivity index (χ4v) is 3.71. The molecule has 0 aliphatic carbocycles. The Bertz CT molecular complexity index is 943. The maximum atomic E-state index is 12.6. The lowest BCUT2D eigenvalue weighted by Gasteiger charge is -2.16. The van der Waals surface area contributed by atoms with E-state index in [0.29, 0.717) is 11.4 Å². The molecule has 2 aromatic rings. The molecule has 0 radical (unpaired) electrons. The second-order valence-corrected chi connectivity index (χ2v) is 7.12. The number of nitrogens with zero attached hydrogens (tertiary/aromatic N) is 1. The second kappa shape index (κ2) is 7.63. The van der Waals surface area contributed by atoms with Crippen LogP contribution in [0.1, 0.15) is 22.3 Å². The number of imide groups is 1. The van der Waals surface area contributed by atoms with Crippen LogP contribution in [0.4, 0.5) is 16.2 Å². The van der Waals surface area contributed by atoms with E-state index < -0.39 is 28.3 Å². The number of anilines is 2. The molecule has 3 rings (SSSR count). The number of para-hydroxylation sites is 1. The van der Waals surface area contributed by atoms with E-state index in [-0.39, 0.29) is 12.0 Å². The number of aryl methyl sites for hydroxylation is 1. The van der Waals surface area contributed by atoms with E-state index in [0.717, 1.165) is 22.2 Å². The smallest absolute Gasteiger partial charge is 0.335 e. The van der Waals surface area contributed by atoms with E-state index in [1.807, 2.05) is 6.07 Å². The molecule has 7 nitrogen and oxygen atoms in total. The minimum Gasteiger partial charge on any atom is -0.478 e. The Morgan fingerprint density at radius 3 is 2.59 bits per heavy atom. The largest absolute Gasteiger partial charge is 0.478 e. The number of nitrogens with one attached hydrogen (secondary N) is 1. The standard InChI is InChI=1S/C19H16N2O5S/c1-11-5-2-3-8-14(11)21-17(23)15(27-19(21)26)10-16(22)20-13-7-4-6-12(9-13)18(24)25/h2-9,15H,10H2,1H3,(H,20,22)(H,24,25). The fraction of sp³-hybridized carbons (Fsp3) is 0.158. The molecule has 1 fully saturated rings. The summed E-state index contributed by atoms with van der Waals surface area (Å²) in [7, 11) is 0. The van der Waals surface area contributed by atoms with Gasteiger partial charge in [0.2, 0.25) is 11.8 Å². The van der Waals surface area contributed by atoms with Gasteiger partial charge in [0.05, 0.1) is 11.3 Å². The van der Waals surface area contributed by atoms with E-state index >= 15 is 0 Å². The predicted molar refractivity (Wildman–Crippen MR) is 102 cm³/mol. The number of carboxylic acid groups (broad SMARTS) is 1. The van der Waals surface area contributed by atoms with Gasteiger partial charge < -0.3 is 10.4 Å². The molecule has 138 valence electrons. The highest BCUT2D eigenvalue weighted by atomic mass is 32.2. The third kappa shape index (κ3) is 4.01. The van der Waals surface area contributed by atoms with Gasteiger partial charge in [0.15, 0.2) is 0 Å². The molecule has 0 bridgehead atoms. The molecule has 8 heteroatoms. The van der Waals surface area contributed by atoms with Crippen molar-refractivity contribution < 1.29 is 24.3 Å². The number of rotatable bonds is 5. The number of hydrogen-bond donors (Lipinski definition) is 2. The summed E-state index contributed by atoms with van der Waals surface area (Å²) >= 11 is 0.815. The molecule has 1 saturated heterocycles. The highest BCUT2D eigenvalue weighted by Gasteiger charge is 2.42. The lowest BCUT2D eigenvalue weighted by atomic mass is 10.1. The van der Waals surface area contributed by atoms with Crippen LogP contribution in [0.5, 0.6) is 0 Å². The summed E-state index contributed by atoms with van der Waals surface area (Å²) in [6, 6.07) is 12.8. The van der Waals surface area contributed by atoms with E-state index in [1.165, 1.54) is 18.2 Å². The van der Waals surface area contributed by atoms with Gasteiger partial charge in [-0.3, -0.25) is 14.4 Å². The Morgan fingerprint density at radius 2 is 1.89 bits per heavy atom. The molecule has 1 aliphatic heterocycles. The van der Waals surface area contributed by atoms with Crippen LogP contribution in [0.2, 0.25) is 0 Å². The van der Waals surface area contributed by atoms with Crippen molar-refractivity contribution in [3.8, 4) is 0 Å². The number of carbonyl (C=O) groups excluding carboxylic acids is 3. The average Bonchev–Trinajstić information content (AvgIpc) is 2.89. The van der Waals surface area contributed by atoms with Crippen molar-refractivity contribution in [2.75, 3.05) is 10.2 Å². The van der Waals surface area contributed by atoms with Crippen molar-refractivity contribution >= 4 is 46.2 Å². The fourth-order valence-electron chi connectivity index (χ4n) is 2.73. The zero-order valence-electron chi connectivity index (χ0n) is 14.3. The van der Waals surface area contributed by atoms with Crippen molar-refractivity contribution in [1.29, 1.82) is 0 Å². The van der Waals surface area contributed by atoms with Crippen LogP contribution in [0.3, 0.4) is 0 Å². The first-order chi connectivity index (χ1) is 12.9. The Morgan fingerprint density at radius 1 is 1.15 bits per heavy atom. The first-order valence-corrected chi connectivity index (χ1v) is 8.98. The summed E-state index contributed by atoms with van der Waals surface area (Å²) in [5.41, 5.74) is 1.66. The van der Waals surface area contributed by atoms with Crippen LogP contribution in [-0.4, -0.2) is 33.4 Å². The molecule has 1 aliphatic rings. The number of carbonyl (C=O) groups is 4. The maximum absolute atomic E-state index is 12.6. The van der Waals surface area contributed by atoms with Gasteiger partial charge in [0.1, 0.15) is 5.25 Å². The van der Waals surface area contributed by atoms with Gasteiger partial charge in [0.25, 0.3) is 5.24 Å². The molecule has 1 atom stereocenters. The van der Waals surface area contributed by atoms with Crippen LogP contribution >= 0.6 is 11.8 Å². The topological polar surface area (TPSA) is 104 Å². The third-order valence-corrected chi connectivity index (χ3v) is 5.08. The van der Waals surface area contributed by atoms with Crippen molar-refractivity contribution in [3.63, 3.8) is 0 Å². The SMILES string of the molecule is Cc1ccccc1N1C(=O)SC(CC(=O)Nc2cccc(C(=O)O)c2)C1=O. The maximum Gasteiger partial charge on any atom is 0.335 e. The highest BCUT2D eigenvalue weighted by molar-refractivity contribution is 8.15. The van der Waals surface area contributed by atoms with Gasteiger partial charge in [-0.25, -0.2) is 9.69 Å². The third-order valence-electron chi connectivity index (χ3n) is 4.04. The first kappa shape index (κ1) is 18.7. The molecule has 27 heavy (non-hydrogen) atoms. The molecule has 1 unspecified atom stereocenters. The van der Waals surface area contributed by atoms with Crippen LogP contribution < -0.4 is 10.2 Å². The van der Waals surface area contributed by atoms with Crippen LogP contribution in [-0.2, 0) is 9.59 Å². The summed E-state index contributed by atoms with van der Waals surface area (Å²) in [6.45, 7) is 1.80. The second-order valence-electron chi connectivity index (χ2n) is 5.97. The Labute approximate surface area is 159 Å². The summed E-state index contributed by atoms with van der Waals surface area (Å²) in [5, 5.41) is 10.3. The van der Waals surface area contributed by atoms with E-state index in [1.54, 1.807) is 31.2 Å². The molecule has 3 amide bonds. The number of hydrogen-bond acceptors (Lipinski definition) is 5. The molecule has 0 saturated carbocycles. The Hall–Kier alpha value is -3.13. The van der Waals surface area contributed by atoms with Crippen molar-refractivity contribution in [2.24, 2.45) is 0 Å². The molecule has 0 spiro atoms. The van der Waals surface area contributed by atoms with Crippen LogP contribution in [0.25, 0.3) is 0 Å². The minimum absolute atomic E-state index is 0.0417. The summed E-state index contributed by atoms with van der Waals surface area (Å²) in [6.07, 6.45) is -0.186. The number of benzene rings is 2. The average molecular weight is 384 g/mol. The number of aromatic carboxylic acids is 1. The van der Waals surface area contributed by atoms with Crippen molar-refractivity contribution in [3.05, 3.63) is 59.7 Å². The number of carboxylic acids is 1. The van der Waals surface area contributed by atoms with E-state index in [2.05, 4.69) is 5.32 Å². The lowest BCUT2D eigenvalue weighted by molar-refractivity contribution is -0.121. The normalized spacial score (nSPS) is 16.5. The quantitative estimate of drug-likeness (QED) is 0.820. The molecule has 0 aromatic heterocycles. The van der Waals surface area contributed by atoms with Crippen molar-refractivity contribution in [2.45, 2.75) is 18.6 Å². The zero-order valence-corrected chi connectivity index (χ0v) is 15.2. The zero-order chi connectivity index (χ0) is 19.6. The number of thioether (sulfide) groups is 1. The highest BCUT2D eigenvalue weighted by Crippen LogP contribution is 2.35. The molecular formula is C19H16N2O5S. The number of amides is 3. The molecular weight excluding hydrogens is 368 g/mol. The molecule has 2 aromatic carbocycles. The van der Waals surface area contributed by atoms with E-state index in [9.17, 15) is 19.2 Å². The summed E-state index contributed by atoms with van der Waals surface area (Å²) < 4.78 is 0. The Kier molecular flexibility index (Phi) is 5.27. The van der Waals surface area contributed by atoms with Crippen LogP contribution in [0.15, 0.2) is 48.5 Å². The van der Waals surface area contributed by atoms with E-state index in [4.69, 9.17) is 5.11 Å². The minimum atomic E-state index is -1.10. The lowest BCUT2D eigenvalue weighted by Crippen LogP contribution is -2.33. The Balaban J connectivity index is 1.69. The predicted octanol–water partition coefficient (Wildman–Crippen LogP) is 3.29. The van der Waals surface area contributed by atoms with Gasteiger partial charge in [-0.2, -0.15) is 0 Å². The monoisotopic (exact) mass is 384 g/mol. The van der Waals surface area contributed by atoms with Gasteiger partial charge in [-0.15, -0.1) is 0 Å². The van der Waals surface area contributed by atoms with Gasteiger partial charge in [0, 0.05) is 12.1 Å². The first-order valence-electron chi connectivity index (χ1n) is 8.10. The van der Waals surface area contributed by atoms with Gasteiger partial charge in [-0.05, 0) is 48.5 Å².